The minimum Gasteiger partial charge on any atom is -0.345 e. The molecule has 0 aromatic heterocycles. The zero-order chi connectivity index (χ0) is 15.4. The van der Waals surface area contributed by atoms with Gasteiger partial charge in [-0.2, -0.15) is 0 Å². The largest absolute Gasteiger partial charge is 0.345 e. The first-order valence-corrected chi connectivity index (χ1v) is 7.52. The predicted molar refractivity (Wildman–Crippen MR) is 88.3 cm³/mol. The molecule has 0 spiro atoms. The third-order valence-electron chi connectivity index (χ3n) is 3.99. The zero-order valence-corrected chi connectivity index (χ0v) is 13.3. The van der Waals surface area contributed by atoms with Crippen molar-refractivity contribution in [1.82, 2.24) is 10.2 Å². The average Bonchev–Trinajstić information content (AvgIpc) is 2.52. The van der Waals surface area contributed by atoms with Crippen LogP contribution >= 0.6 is 0 Å². The lowest BCUT2D eigenvalue weighted by Gasteiger charge is -2.24. The van der Waals surface area contributed by atoms with Gasteiger partial charge in [0, 0.05) is 19.6 Å². The molecule has 0 radical (unpaired) electrons. The number of likely N-dealkylation sites (N-methyl/N-ethyl adjacent to an activating group) is 1. The van der Waals surface area contributed by atoms with E-state index in [4.69, 9.17) is 0 Å². The second-order valence-corrected chi connectivity index (χ2v) is 5.57. The molecule has 1 amide bonds. The number of fused-ring (bicyclic) bond motifs is 1. The van der Waals surface area contributed by atoms with Crippen molar-refractivity contribution in [2.45, 2.75) is 32.9 Å². The van der Waals surface area contributed by atoms with Crippen molar-refractivity contribution >= 4 is 16.7 Å². The SMILES string of the molecule is CCN(C)C(=O)C(C)NC(C)c1ccc2ccccc2c1. The molecule has 0 saturated heterocycles. The van der Waals surface area contributed by atoms with Gasteiger partial charge in [0.1, 0.15) is 0 Å². The van der Waals surface area contributed by atoms with Crippen LogP contribution in [-0.4, -0.2) is 30.4 Å². The molecule has 3 heteroatoms. The van der Waals surface area contributed by atoms with Crippen molar-refractivity contribution in [3.63, 3.8) is 0 Å². The number of amides is 1. The number of carbonyl (C=O) groups excluding carboxylic acids is 1. The highest BCUT2D eigenvalue weighted by atomic mass is 16.2. The Bertz CT molecular complexity index is 623. The van der Waals surface area contributed by atoms with E-state index in [0.717, 1.165) is 6.54 Å². The lowest BCUT2D eigenvalue weighted by Crippen LogP contribution is -2.43. The molecule has 2 aromatic rings. The van der Waals surface area contributed by atoms with Crippen LogP contribution in [0.4, 0.5) is 0 Å². The minimum atomic E-state index is -0.184. The third kappa shape index (κ3) is 3.61. The van der Waals surface area contributed by atoms with Crippen LogP contribution < -0.4 is 5.32 Å². The maximum atomic E-state index is 12.1. The first kappa shape index (κ1) is 15.5. The molecule has 0 fully saturated rings. The second kappa shape index (κ2) is 6.72. The Balaban J connectivity index is 2.11. The Morgan fingerprint density at radius 1 is 1.14 bits per heavy atom. The third-order valence-corrected chi connectivity index (χ3v) is 3.99. The van der Waals surface area contributed by atoms with E-state index >= 15 is 0 Å². The van der Waals surface area contributed by atoms with Crippen LogP contribution in [0.25, 0.3) is 10.8 Å². The Morgan fingerprint density at radius 3 is 2.48 bits per heavy atom. The molecule has 0 aliphatic rings. The van der Waals surface area contributed by atoms with Gasteiger partial charge in [0.25, 0.3) is 0 Å². The van der Waals surface area contributed by atoms with Gasteiger partial charge in [-0.25, -0.2) is 0 Å². The van der Waals surface area contributed by atoms with Gasteiger partial charge in [-0.3, -0.25) is 10.1 Å². The fourth-order valence-electron chi connectivity index (χ4n) is 2.51. The van der Waals surface area contributed by atoms with Crippen molar-refractivity contribution in [2.75, 3.05) is 13.6 Å². The quantitative estimate of drug-likeness (QED) is 0.913. The lowest BCUT2D eigenvalue weighted by molar-refractivity contribution is -0.131. The molecule has 3 nitrogen and oxygen atoms in total. The molecular formula is C18H24N2O. The van der Waals surface area contributed by atoms with Gasteiger partial charge in [-0.15, -0.1) is 0 Å². The summed E-state index contributed by atoms with van der Waals surface area (Å²) in [5.41, 5.74) is 1.20. The summed E-state index contributed by atoms with van der Waals surface area (Å²) < 4.78 is 0. The van der Waals surface area contributed by atoms with Crippen LogP contribution in [0.1, 0.15) is 32.4 Å². The van der Waals surface area contributed by atoms with Gasteiger partial charge in [0.2, 0.25) is 5.91 Å². The van der Waals surface area contributed by atoms with Crippen LogP contribution in [0, 0.1) is 0 Å². The molecule has 0 saturated carbocycles. The number of nitrogens with zero attached hydrogens (tertiary/aromatic N) is 1. The van der Waals surface area contributed by atoms with Crippen LogP contribution in [-0.2, 0) is 4.79 Å². The van der Waals surface area contributed by atoms with Gasteiger partial charge in [-0.05, 0) is 43.2 Å². The maximum Gasteiger partial charge on any atom is 0.239 e. The predicted octanol–water partition coefficient (Wildman–Crippen LogP) is 3.36. The summed E-state index contributed by atoms with van der Waals surface area (Å²) in [5.74, 6) is 0.130. The van der Waals surface area contributed by atoms with Gasteiger partial charge < -0.3 is 4.90 Å². The second-order valence-electron chi connectivity index (χ2n) is 5.57. The number of nitrogens with one attached hydrogen (secondary N) is 1. The van der Waals surface area contributed by atoms with Crippen molar-refractivity contribution in [3.8, 4) is 0 Å². The maximum absolute atomic E-state index is 12.1. The lowest BCUT2D eigenvalue weighted by atomic mass is 10.0. The standard InChI is InChI=1S/C18H24N2O/c1-5-20(4)18(21)14(3)19-13(2)16-11-10-15-8-6-7-9-17(15)12-16/h6-14,19H,5H2,1-4H3. The van der Waals surface area contributed by atoms with Crippen molar-refractivity contribution < 1.29 is 4.79 Å². The first-order valence-electron chi connectivity index (χ1n) is 7.52. The fraction of sp³-hybridized carbons (Fsp3) is 0.389. The molecule has 0 aliphatic carbocycles. The summed E-state index contributed by atoms with van der Waals surface area (Å²) in [7, 11) is 1.83. The highest BCUT2D eigenvalue weighted by Gasteiger charge is 2.18. The van der Waals surface area contributed by atoms with E-state index in [1.54, 1.807) is 4.90 Å². The van der Waals surface area contributed by atoms with E-state index in [0.29, 0.717) is 0 Å². The van der Waals surface area contributed by atoms with E-state index < -0.39 is 0 Å². The number of rotatable bonds is 5. The summed E-state index contributed by atoms with van der Waals surface area (Å²) in [4.78, 5) is 13.9. The summed E-state index contributed by atoms with van der Waals surface area (Å²) in [6.45, 7) is 6.73. The smallest absolute Gasteiger partial charge is 0.239 e. The molecule has 2 unspecified atom stereocenters. The molecule has 0 aliphatic heterocycles. The molecular weight excluding hydrogens is 260 g/mol. The van der Waals surface area contributed by atoms with Gasteiger partial charge in [0.05, 0.1) is 6.04 Å². The van der Waals surface area contributed by atoms with E-state index in [1.807, 2.05) is 33.0 Å². The Hall–Kier alpha value is -1.87. The molecule has 21 heavy (non-hydrogen) atoms. The van der Waals surface area contributed by atoms with Crippen molar-refractivity contribution in [3.05, 3.63) is 48.0 Å². The van der Waals surface area contributed by atoms with Crippen molar-refractivity contribution in [2.24, 2.45) is 0 Å². The topological polar surface area (TPSA) is 32.3 Å². The Labute approximate surface area is 127 Å². The minimum absolute atomic E-state index is 0.130. The summed E-state index contributed by atoms with van der Waals surface area (Å²) in [5, 5.41) is 5.85. The van der Waals surface area contributed by atoms with Crippen LogP contribution in [0.2, 0.25) is 0 Å². The van der Waals surface area contributed by atoms with Crippen LogP contribution in [0.3, 0.4) is 0 Å². The molecule has 2 atom stereocenters. The van der Waals surface area contributed by atoms with Gasteiger partial charge in [-0.1, -0.05) is 36.4 Å². The van der Waals surface area contributed by atoms with E-state index in [-0.39, 0.29) is 18.0 Å². The van der Waals surface area contributed by atoms with Crippen molar-refractivity contribution in [1.29, 1.82) is 0 Å². The fourth-order valence-corrected chi connectivity index (χ4v) is 2.51. The highest BCUT2D eigenvalue weighted by Crippen LogP contribution is 2.20. The normalized spacial score (nSPS) is 13.9. The number of benzene rings is 2. The number of carbonyl (C=O) groups is 1. The Morgan fingerprint density at radius 2 is 1.81 bits per heavy atom. The highest BCUT2D eigenvalue weighted by molar-refractivity contribution is 5.83. The molecule has 1 N–H and O–H groups in total. The summed E-state index contributed by atoms with van der Waals surface area (Å²) in [6.07, 6.45) is 0. The molecule has 0 heterocycles. The zero-order valence-electron chi connectivity index (χ0n) is 13.3. The van der Waals surface area contributed by atoms with E-state index in [2.05, 4.69) is 42.6 Å². The van der Waals surface area contributed by atoms with Gasteiger partial charge in [0.15, 0.2) is 0 Å². The monoisotopic (exact) mass is 284 g/mol. The number of hydrogen-bond acceptors (Lipinski definition) is 2. The molecule has 112 valence electrons. The average molecular weight is 284 g/mol. The Kier molecular flexibility index (Phi) is 4.97. The summed E-state index contributed by atoms with van der Waals surface area (Å²) >= 11 is 0. The van der Waals surface area contributed by atoms with Gasteiger partial charge >= 0.3 is 0 Å². The number of hydrogen-bond donors (Lipinski definition) is 1. The molecule has 2 aromatic carbocycles. The van der Waals surface area contributed by atoms with E-state index in [1.165, 1.54) is 16.3 Å². The molecule has 2 rings (SSSR count). The first-order chi connectivity index (χ1) is 10.0. The van der Waals surface area contributed by atoms with Crippen LogP contribution in [0.15, 0.2) is 42.5 Å². The molecule has 0 bridgehead atoms. The van der Waals surface area contributed by atoms with Crippen LogP contribution in [0.5, 0.6) is 0 Å². The summed E-state index contributed by atoms with van der Waals surface area (Å²) in [6, 6.07) is 14.7. The van der Waals surface area contributed by atoms with E-state index in [9.17, 15) is 4.79 Å².